The standard InChI is InChI=1S/C21H26N2O4/c1-27-20(25)18-13-10-16-19-21(26,14-4-2-3-5-15(14)22-19)8-9-23(16)11-12(13)6-7-17(18)24/h2-5,12-13,16-18,24,26H,6-11H2,1H3/t12-,13-,16-,17-,18+,21-/m0/s1. The van der Waals surface area contributed by atoms with Gasteiger partial charge in [0.25, 0.3) is 0 Å². The van der Waals surface area contributed by atoms with Crippen molar-refractivity contribution in [3.63, 3.8) is 0 Å². The van der Waals surface area contributed by atoms with Gasteiger partial charge in [-0.3, -0.25) is 14.7 Å². The number of para-hydroxylation sites is 1. The zero-order chi connectivity index (χ0) is 18.8. The topological polar surface area (TPSA) is 82.4 Å². The number of carbonyl (C=O) groups excluding carboxylic acids is 1. The second-order valence-corrected chi connectivity index (χ2v) is 8.49. The average molecular weight is 370 g/mol. The third-order valence-electron chi connectivity index (χ3n) is 7.28. The molecule has 0 radical (unpaired) electrons. The van der Waals surface area contributed by atoms with Gasteiger partial charge in [-0.15, -0.1) is 0 Å². The van der Waals surface area contributed by atoms with E-state index >= 15 is 0 Å². The number of esters is 1. The highest BCUT2D eigenvalue weighted by Crippen LogP contribution is 2.50. The number of aliphatic imine (C=N–C) groups is 1. The molecule has 1 aliphatic carbocycles. The molecular formula is C21H26N2O4. The van der Waals surface area contributed by atoms with Crippen LogP contribution in [0.3, 0.4) is 0 Å². The number of benzene rings is 1. The van der Waals surface area contributed by atoms with E-state index in [4.69, 9.17) is 9.73 Å². The number of piperidine rings is 2. The van der Waals surface area contributed by atoms with Crippen LogP contribution >= 0.6 is 0 Å². The highest BCUT2D eigenvalue weighted by atomic mass is 16.5. The lowest BCUT2D eigenvalue weighted by Gasteiger charge is -2.53. The average Bonchev–Trinajstić information content (AvgIpc) is 2.99. The smallest absolute Gasteiger partial charge is 0.311 e. The van der Waals surface area contributed by atoms with Crippen molar-refractivity contribution < 1.29 is 19.7 Å². The zero-order valence-corrected chi connectivity index (χ0v) is 15.5. The molecule has 144 valence electrons. The fourth-order valence-corrected chi connectivity index (χ4v) is 5.96. The summed E-state index contributed by atoms with van der Waals surface area (Å²) in [5.41, 5.74) is 1.57. The third-order valence-corrected chi connectivity index (χ3v) is 7.28. The fourth-order valence-electron chi connectivity index (χ4n) is 5.96. The maximum Gasteiger partial charge on any atom is 0.311 e. The first-order chi connectivity index (χ1) is 13.0. The maximum atomic E-state index is 12.4. The van der Waals surface area contributed by atoms with E-state index in [1.807, 2.05) is 24.3 Å². The van der Waals surface area contributed by atoms with Gasteiger partial charge in [0, 0.05) is 18.7 Å². The Morgan fingerprint density at radius 3 is 2.96 bits per heavy atom. The summed E-state index contributed by atoms with van der Waals surface area (Å²) in [4.78, 5) is 19.6. The van der Waals surface area contributed by atoms with Gasteiger partial charge in [0.1, 0.15) is 5.60 Å². The van der Waals surface area contributed by atoms with Crippen molar-refractivity contribution >= 4 is 17.4 Å². The molecule has 0 amide bonds. The molecule has 0 unspecified atom stereocenters. The number of ether oxygens (including phenoxy) is 1. The van der Waals surface area contributed by atoms with Gasteiger partial charge in [0.15, 0.2) is 0 Å². The molecule has 6 atom stereocenters. The molecule has 1 saturated carbocycles. The summed E-state index contributed by atoms with van der Waals surface area (Å²) >= 11 is 0. The normalized spacial score (nSPS) is 40.3. The van der Waals surface area contributed by atoms with Crippen LogP contribution in [0, 0.1) is 17.8 Å². The maximum absolute atomic E-state index is 12.4. The van der Waals surface area contributed by atoms with E-state index in [1.165, 1.54) is 7.11 Å². The van der Waals surface area contributed by atoms with Gasteiger partial charge < -0.3 is 14.9 Å². The lowest BCUT2D eigenvalue weighted by atomic mass is 9.63. The Hall–Kier alpha value is -1.76. The summed E-state index contributed by atoms with van der Waals surface area (Å²) in [5.74, 6) is -0.343. The van der Waals surface area contributed by atoms with Crippen LogP contribution in [-0.4, -0.2) is 59.1 Å². The number of carbonyl (C=O) groups is 1. The van der Waals surface area contributed by atoms with E-state index in [2.05, 4.69) is 4.90 Å². The van der Waals surface area contributed by atoms with Gasteiger partial charge in [-0.05, 0) is 43.6 Å². The molecule has 3 fully saturated rings. The van der Waals surface area contributed by atoms with Crippen molar-refractivity contribution in [1.82, 2.24) is 4.90 Å². The largest absolute Gasteiger partial charge is 0.469 e. The molecule has 2 N–H and O–H groups in total. The Kier molecular flexibility index (Phi) is 3.93. The second-order valence-electron chi connectivity index (χ2n) is 8.49. The minimum absolute atomic E-state index is 0.00913. The molecule has 0 spiro atoms. The van der Waals surface area contributed by atoms with Crippen molar-refractivity contribution in [1.29, 1.82) is 0 Å². The third kappa shape index (κ3) is 2.43. The second kappa shape index (κ2) is 6.12. The van der Waals surface area contributed by atoms with E-state index < -0.39 is 17.6 Å². The van der Waals surface area contributed by atoms with Crippen LogP contribution in [0.4, 0.5) is 5.69 Å². The van der Waals surface area contributed by atoms with E-state index in [-0.39, 0.29) is 17.9 Å². The zero-order valence-electron chi connectivity index (χ0n) is 15.5. The Bertz CT molecular complexity index is 809. The molecule has 6 nitrogen and oxygen atoms in total. The predicted molar refractivity (Wildman–Crippen MR) is 99.8 cm³/mol. The molecular weight excluding hydrogens is 344 g/mol. The summed E-state index contributed by atoms with van der Waals surface area (Å²) < 4.78 is 5.01. The summed E-state index contributed by atoms with van der Waals surface area (Å²) in [6.45, 7) is 1.71. The van der Waals surface area contributed by atoms with E-state index in [1.54, 1.807) is 0 Å². The van der Waals surface area contributed by atoms with Gasteiger partial charge >= 0.3 is 5.97 Å². The Labute approximate surface area is 158 Å². The highest BCUT2D eigenvalue weighted by Gasteiger charge is 2.55. The monoisotopic (exact) mass is 370 g/mol. The van der Waals surface area contributed by atoms with Gasteiger partial charge in [-0.2, -0.15) is 0 Å². The Morgan fingerprint density at radius 1 is 1.33 bits per heavy atom. The molecule has 3 heterocycles. The number of rotatable bonds is 1. The molecule has 4 aliphatic rings. The van der Waals surface area contributed by atoms with Gasteiger partial charge in [-0.1, -0.05) is 18.2 Å². The molecule has 3 aliphatic heterocycles. The number of methoxy groups -OCH3 is 1. The molecule has 2 saturated heterocycles. The lowest BCUT2D eigenvalue weighted by Crippen LogP contribution is -2.62. The van der Waals surface area contributed by atoms with Crippen LogP contribution < -0.4 is 0 Å². The lowest BCUT2D eigenvalue weighted by molar-refractivity contribution is -0.159. The van der Waals surface area contributed by atoms with Crippen molar-refractivity contribution in [3.05, 3.63) is 29.8 Å². The number of nitrogens with zero attached hydrogens (tertiary/aromatic N) is 2. The quantitative estimate of drug-likeness (QED) is 0.734. The molecule has 1 aromatic rings. The van der Waals surface area contributed by atoms with Crippen LogP contribution in [0.25, 0.3) is 0 Å². The van der Waals surface area contributed by atoms with E-state index in [0.29, 0.717) is 18.8 Å². The van der Waals surface area contributed by atoms with Crippen molar-refractivity contribution in [2.75, 3.05) is 20.2 Å². The van der Waals surface area contributed by atoms with Gasteiger partial charge in [-0.25, -0.2) is 0 Å². The number of aliphatic hydroxyl groups excluding tert-OH is 1. The van der Waals surface area contributed by atoms with Gasteiger partial charge in [0.2, 0.25) is 0 Å². The van der Waals surface area contributed by atoms with E-state index in [9.17, 15) is 15.0 Å². The SMILES string of the molecule is COC(=O)[C@@H]1[C@H]2C[C@H]3C4=Nc5ccccc5[C@@]4(O)CCN3C[C@@H]2CC[C@@H]1O. The fraction of sp³-hybridized carbons (Fsp3) is 0.619. The van der Waals surface area contributed by atoms with Crippen LogP contribution in [0.5, 0.6) is 0 Å². The summed E-state index contributed by atoms with van der Waals surface area (Å²) in [6, 6.07) is 7.83. The van der Waals surface area contributed by atoms with Crippen molar-refractivity contribution in [2.45, 2.75) is 43.4 Å². The van der Waals surface area contributed by atoms with Crippen LogP contribution in [0.1, 0.15) is 31.2 Å². The number of aliphatic hydroxyl groups is 2. The predicted octanol–water partition coefficient (Wildman–Crippen LogP) is 1.61. The van der Waals surface area contributed by atoms with Crippen molar-refractivity contribution in [3.8, 4) is 0 Å². The first-order valence-corrected chi connectivity index (χ1v) is 9.94. The molecule has 0 aromatic heterocycles. The van der Waals surface area contributed by atoms with Crippen LogP contribution in [0.2, 0.25) is 0 Å². The first kappa shape index (κ1) is 17.3. The minimum Gasteiger partial charge on any atom is -0.469 e. The van der Waals surface area contributed by atoms with Gasteiger partial charge in [0.05, 0.1) is 36.6 Å². The molecule has 1 aromatic carbocycles. The molecule has 0 bridgehead atoms. The number of hydrogen-bond donors (Lipinski definition) is 2. The molecule has 6 heteroatoms. The molecule has 27 heavy (non-hydrogen) atoms. The minimum atomic E-state index is -1.00. The van der Waals surface area contributed by atoms with E-state index in [0.717, 1.165) is 42.9 Å². The summed E-state index contributed by atoms with van der Waals surface area (Å²) in [5, 5.41) is 22.0. The first-order valence-electron chi connectivity index (χ1n) is 9.94. The summed E-state index contributed by atoms with van der Waals surface area (Å²) in [6.07, 6.45) is 2.32. The van der Waals surface area contributed by atoms with Crippen LogP contribution in [-0.2, 0) is 15.1 Å². The Balaban J connectivity index is 1.50. The summed E-state index contributed by atoms with van der Waals surface area (Å²) in [7, 11) is 1.39. The van der Waals surface area contributed by atoms with Crippen LogP contribution in [0.15, 0.2) is 29.3 Å². The highest BCUT2D eigenvalue weighted by molar-refractivity contribution is 6.04. The number of hydrogen-bond acceptors (Lipinski definition) is 6. The van der Waals surface area contributed by atoms with Crippen molar-refractivity contribution in [2.24, 2.45) is 22.7 Å². The number of fused-ring (bicyclic) bond motifs is 6. The Morgan fingerprint density at radius 2 is 2.15 bits per heavy atom. The molecule has 5 rings (SSSR count).